The summed E-state index contributed by atoms with van der Waals surface area (Å²) in [5.41, 5.74) is 9.40. The lowest BCUT2D eigenvalue weighted by molar-refractivity contribution is -0.190. The molecule has 0 bridgehead atoms. The van der Waals surface area contributed by atoms with Crippen LogP contribution in [0.2, 0.25) is 0 Å². The molecule has 7 rings (SSSR count). The third-order valence-corrected chi connectivity index (χ3v) is 8.82. The van der Waals surface area contributed by atoms with Gasteiger partial charge in [-0.15, -0.1) is 0 Å². The predicted molar refractivity (Wildman–Crippen MR) is 166 cm³/mol. The first kappa shape index (κ1) is 28.7. The summed E-state index contributed by atoms with van der Waals surface area (Å²) in [4.78, 5) is 35.7. The van der Waals surface area contributed by atoms with Gasteiger partial charge < -0.3 is 35.5 Å². The molecule has 1 atom stereocenters. The van der Waals surface area contributed by atoms with E-state index < -0.39 is 5.91 Å². The average Bonchev–Trinajstić information content (AvgIpc) is 3.49. The summed E-state index contributed by atoms with van der Waals surface area (Å²) in [6.45, 7) is 3.79. The monoisotopic (exact) mass is 610 g/mol. The number of carbonyl (C=O) groups excluding carboxylic acids is 2. The van der Waals surface area contributed by atoms with Gasteiger partial charge in [-0.25, -0.2) is 4.98 Å². The van der Waals surface area contributed by atoms with Crippen molar-refractivity contribution < 1.29 is 23.8 Å². The second kappa shape index (κ2) is 11.8. The van der Waals surface area contributed by atoms with Crippen LogP contribution < -0.4 is 21.1 Å². The summed E-state index contributed by atoms with van der Waals surface area (Å²) < 4.78 is 18.7. The Morgan fingerprint density at radius 3 is 2.51 bits per heavy atom. The zero-order chi connectivity index (χ0) is 31.0. The van der Waals surface area contributed by atoms with Gasteiger partial charge in [0, 0.05) is 47.7 Å². The van der Waals surface area contributed by atoms with E-state index >= 15 is 0 Å². The number of methoxy groups -OCH3 is 1. The number of carbonyl (C=O) groups is 2. The van der Waals surface area contributed by atoms with E-state index in [4.69, 9.17) is 25.0 Å². The third-order valence-electron chi connectivity index (χ3n) is 8.82. The molecule has 2 aromatic heterocycles. The molecule has 1 aliphatic carbocycles. The minimum atomic E-state index is -0.682. The largest absolute Gasteiger partial charge is 0.494 e. The minimum absolute atomic E-state index is 0.0405. The van der Waals surface area contributed by atoms with Crippen LogP contribution in [0.1, 0.15) is 39.6 Å². The van der Waals surface area contributed by atoms with Crippen LogP contribution in [0.4, 0.5) is 23.1 Å². The molecule has 2 amide bonds. The summed E-state index contributed by atoms with van der Waals surface area (Å²) >= 11 is 0. The fraction of sp³-hybridized carbons (Fsp3) is 0.344. The van der Waals surface area contributed by atoms with Crippen LogP contribution >= 0.6 is 0 Å². The molecular formula is C32H34N8O5. The van der Waals surface area contributed by atoms with Gasteiger partial charge in [0.2, 0.25) is 5.95 Å². The maximum Gasteiger partial charge on any atom is 0.254 e. The van der Waals surface area contributed by atoms with Crippen molar-refractivity contribution in [2.45, 2.75) is 18.9 Å². The zero-order valence-corrected chi connectivity index (χ0v) is 24.9. The van der Waals surface area contributed by atoms with Crippen LogP contribution in [0, 0.1) is 5.41 Å². The standard InChI is InChI=1S/C32H34N8O5/c1-43-27-22(24-10-12-40(38-24)26-9-11-32(26)18-45-19-32)3-2-4-25(27)36-29-23(28(33)41)17-34-31(37-29)35-21-7-5-20(6-8-21)30(42)39-13-15-44-16-14-39/h2-8,10,12,17,26H,9,11,13-16,18-19H2,1H3,(H2,33,41)(H2,34,35,36,37). The van der Waals surface area contributed by atoms with Gasteiger partial charge in [-0.05, 0) is 55.3 Å². The van der Waals surface area contributed by atoms with E-state index in [2.05, 4.69) is 20.6 Å². The van der Waals surface area contributed by atoms with E-state index in [-0.39, 0.29) is 28.7 Å². The molecule has 45 heavy (non-hydrogen) atoms. The first-order valence-corrected chi connectivity index (χ1v) is 14.9. The van der Waals surface area contributed by atoms with E-state index in [0.29, 0.717) is 55.0 Å². The maximum absolute atomic E-state index is 12.8. The van der Waals surface area contributed by atoms with Gasteiger partial charge in [0.15, 0.2) is 5.75 Å². The molecule has 4 heterocycles. The number of hydrogen-bond acceptors (Lipinski definition) is 10. The Labute approximate surface area is 259 Å². The average molecular weight is 611 g/mol. The lowest BCUT2D eigenvalue weighted by atomic mass is 9.63. The number of nitrogens with zero attached hydrogens (tertiary/aromatic N) is 5. The smallest absolute Gasteiger partial charge is 0.254 e. The molecule has 2 aliphatic heterocycles. The van der Waals surface area contributed by atoms with Gasteiger partial charge in [0.1, 0.15) is 11.4 Å². The quantitative estimate of drug-likeness (QED) is 0.255. The number of hydrogen-bond donors (Lipinski definition) is 3. The summed E-state index contributed by atoms with van der Waals surface area (Å²) in [7, 11) is 1.59. The molecule has 3 fully saturated rings. The first-order valence-electron chi connectivity index (χ1n) is 14.9. The van der Waals surface area contributed by atoms with Gasteiger partial charge >= 0.3 is 0 Å². The number of anilines is 4. The molecule has 0 radical (unpaired) electrons. The molecule has 1 spiro atoms. The fourth-order valence-electron chi connectivity index (χ4n) is 6.13. The number of primary amides is 1. The van der Waals surface area contributed by atoms with E-state index in [1.807, 2.05) is 35.1 Å². The van der Waals surface area contributed by atoms with E-state index in [9.17, 15) is 9.59 Å². The molecule has 4 N–H and O–H groups in total. The minimum Gasteiger partial charge on any atom is -0.494 e. The number of para-hydroxylation sites is 1. The molecule has 13 nitrogen and oxygen atoms in total. The fourth-order valence-corrected chi connectivity index (χ4v) is 6.13. The van der Waals surface area contributed by atoms with Crippen molar-refractivity contribution in [3.05, 3.63) is 72.1 Å². The summed E-state index contributed by atoms with van der Waals surface area (Å²) in [5, 5.41) is 11.3. The van der Waals surface area contributed by atoms with Gasteiger partial charge in [-0.1, -0.05) is 6.07 Å². The van der Waals surface area contributed by atoms with Crippen molar-refractivity contribution in [3.8, 4) is 17.0 Å². The lowest BCUT2D eigenvalue weighted by Gasteiger charge is -2.54. The summed E-state index contributed by atoms with van der Waals surface area (Å²) in [6.07, 6.45) is 5.62. The van der Waals surface area contributed by atoms with Crippen LogP contribution in [-0.2, 0) is 9.47 Å². The summed E-state index contributed by atoms with van der Waals surface area (Å²) in [6, 6.07) is 15.0. The molecular weight excluding hydrogens is 576 g/mol. The Bertz CT molecular complexity index is 1720. The Morgan fingerprint density at radius 1 is 1.04 bits per heavy atom. The van der Waals surface area contributed by atoms with Crippen molar-refractivity contribution in [1.29, 1.82) is 0 Å². The Morgan fingerprint density at radius 2 is 1.84 bits per heavy atom. The van der Waals surface area contributed by atoms with Gasteiger partial charge in [0.05, 0.1) is 51.0 Å². The number of nitrogens with two attached hydrogens (primary N) is 1. The van der Waals surface area contributed by atoms with E-state index in [0.717, 1.165) is 37.3 Å². The zero-order valence-electron chi connectivity index (χ0n) is 24.9. The van der Waals surface area contributed by atoms with E-state index in [1.54, 1.807) is 36.3 Å². The van der Waals surface area contributed by atoms with Crippen LogP contribution in [-0.4, -0.2) is 83.1 Å². The molecule has 2 saturated heterocycles. The highest BCUT2D eigenvalue weighted by Gasteiger charge is 2.53. The van der Waals surface area contributed by atoms with Crippen molar-refractivity contribution in [2.75, 3.05) is 57.3 Å². The molecule has 1 unspecified atom stereocenters. The number of morpholine rings is 1. The molecule has 3 aliphatic rings. The predicted octanol–water partition coefficient (Wildman–Crippen LogP) is 3.76. The van der Waals surface area contributed by atoms with Gasteiger partial charge in [-0.2, -0.15) is 10.1 Å². The number of amides is 2. The van der Waals surface area contributed by atoms with Crippen molar-refractivity contribution in [3.63, 3.8) is 0 Å². The Balaban J connectivity index is 1.11. The molecule has 1 saturated carbocycles. The third kappa shape index (κ3) is 5.44. The highest BCUT2D eigenvalue weighted by Crippen LogP contribution is 2.54. The highest BCUT2D eigenvalue weighted by atomic mass is 16.5. The normalized spacial score (nSPS) is 18.5. The molecule has 4 aromatic rings. The van der Waals surface area contributed by atoms with Crippen molar-refractivity contribution in [1.82, 2.24) is 24.6 Å². The van der Waals surface area contributed by atoms with Crippen LogP contribution in [0.3, 0.4) is 0 Å². The number of aromatic nitrogens is 4. The second-order valence-electron chi connectivity index (χ2n) is 11.5. The van der Waals surface area contributed by atoms with Crippen LogP contribution in [0.5, 0.6) is 5.75 Å². The Hall–Kier alpha value is -5.01. The SMILES string of the molecule is COc1c(Nc2nc(Nc3ccc(C(=O)N4CCOCC4)cc3)ncc2C(N)=O)cccc1-c1ccn(C2CCC23COC3)n1. The second-order valence-corrected chi connectivity index (χ2v) is 11.5. The number of rotatable bonds is 9. The van der Waals surface area contributed by atoms with Gasteiger partial charge in [0.25, 0.3) is 11.8 Å². The van der Waals surface area contributed by atoms with Gasteiger partial charge in [-0.3, -0.25) is 14.3 Å². The van der Waals surface area contributed by atoms with Crippen LogP contribution in [0.15, 0.2) is 60.9 Å². The van der Waals surface area contributed by atoms with Crippen molar-refractivity contribution in [2.24, 2.45) is 11.1 Å². The molecule has 2 aromatic carbocycles. The van der Waals surface area contributed by atoms with E-state index in [1.165, 1.54) is 6.20 Å². The van der Waals surface area contributed by atoms with Crippen LogP contribution in [0.25, 0.3) is 11.3 Å². The molecule has 13 heteroatoms. The Kier molecular flexibility index (Phi) is 7.55. The maximum atomic E-state index is 12.8. The lowest BCUT2D eigenvalue weighted by Crippen LogP contribution is -2.55. The van der Waals surface area contributed by atoms with Crippen molar-refractivity contribution >= 4 is 35.0 Å². The number of ether oxygens (including phenoxy) is 3. The summed E-state index contributed by atoms with van der Waals surface area (Å²) in [5.74, 6) is 0.265. The number of benzene rings is 2. The topological polar surface area (TPSA) is 159 Å². The highest BCUT2D eigenvalue weighted by molar-refractivity contribution is 5.98. The molecule has 232 valence electrons. The number of nitrogens with one attached hydrogen (secondary N) is 2. The first-order chi connectivity index (χ1) is 21.9.